The van der Waals surface area contributed by atoms with Gasteiger partial charge in [-0.05, 0) is 48.7 Å². The first-order valence-corrected chi connectivity index (χ1v) is 9.56. The van der Waals surface area contributed by atoms with E-state index < -0.39 is 21.1 Å². The Labute approximate surface area is 144 Å². The molecule has 2 aromatic carbocycles. The molecule has 0 aromatic heterocycles. The number of rotatable bonds is 4. The highest BCUT2D eigenvalue weighted by Crippen LogP contribution is 2.49. The molecule has 0 aliphatic heterocycles. The molecule has 0 unspecified atom stereocenters. The summed E-state index contributed by atoms with van der Waals surface area (Å²) in [4.78, 5) is 12.6. The largest absolute Gasteiger partial charge is 0.323 e. The second-order valence-corrected chi connectivity index (χ2v) is 8.41. The van der Waals surface area contributed by atoms with Crippen LogP contribution in [0, 0.1) is 5.82 Å². The van der Waals surface area contributed by atoms with Crippen molar-refractivity contribution in [1.29, 1.82) is 0 Å². The van der Waals surface area contributed by atoms with Crippen LogP contribution in [0.3, 0.4) is 0 Å². The lowest BCUT2D eigenvalue weighted by molar-refractivity contribution is -0.118. The minimum atomic E-state index is -3.49. The maximum atomic E-state index is 14.0. The summed E-state index contributed by atoms with van der Waals surface area (Å²) in [6.45, 7) is 0. The van der Waals surface area contributed by atoms with E-state index in [1.54, 1.807) is 24.3 Å². The number of halogens is 2. The monoisotopic (exact) mass is 367 g/mol. The molecule has 1 aliphatic carbocycles. The van der Waals surface area contributed by atoms with Crippen molar-refractivity contribution in [1.82, 2.24) is 0 Å². The van der Waals surface area contributed by atoms with Gasteiger partial charge in [0.1, 0.15) is 5.82 Å². The van der Waals surface area contributed by atoms with Crippen LogP contribution in [0.2, 0.25) is 5.02 Å². The smallest absolute Gasteiger partial charge is 0.235 e. The zero-order valence-electron chi connectivity index (χ0n) is 12.8. The van der Waals surface area contributed by atoms with E-state index in [2.05, 4.69) is 5.32 Å². The van der Waals surface area contributed by atoms with Crippen molar-refractivity contribution in [3.63, 3.8) is 0 Å². The van der Waals surface area contributed by atoms with E-state index in [0.29, 0.717) is 17.9 Å². The summed E-state index contributed by atoms with van der Waals surface area (Å²) in [5, 5.41) is 3.10. The molecule has 1 amide bonds. The average Bonchev–Trinajstić information content (AvgIpc) is 3.31. The van der Waals surface area contributed by atoms with Crippen molar-refractivity contribution in [2.24, 2.45) is 0 Å². The number of carbonyl (C=O) groups is 1. The highest BCUT2D eigenvalue weighted by molar-refractivity contribution is 7.90. The second-order valence-electron chi connectivity index (χ2n) is 5.96. The lowest BCUT2D eigenvalue weighted by Crippen LogP contribution is -2.28. The number of sulfone groups is 1. The van der Waals surface area contributed by atoms with Crippen LogP contribution < -0.4 is 5.32 Å². The molecule has 0 atom stereocenters. The quantitative estimate of drug-likeness (QED) is 0.840. The Bertz CT molecular complexity index is 906. The molecule has 2 aromatic rings. The minimum absolute atomic E-state index is 0.0458. The summed E-state index contributed by atoms with van der Waals surface area (Å²) >= 11 is 5.87. The van der Waals surface area contributed by atoms with E-state index in [9.17, 15) is 17.6 Å². The summed E-state index contributed by atoms with van der Waals surface area (Å²) in [6.07, 6.45) is 2.32. The van der Waals surface area contributed by atoms with Gasteiger partial charge in [0.15, 0.2) is 9.84 Å². The Morgan fingerprint density at radius 3 is 2.33 bits per heavy atom. The molecule has 0 spiro atoms. The van der Waals surface area contributed by atoms with Crippen molar-refractivity contribution < 1.29 is 17.6 Å². The third-order valence-electron chi connectivity index (χ3n) is 4.20. The Kier molecular flexibility index (Phi) is 4.13. The van der Waals surface area contributed by atoms with E-state index in [1.165, 1.54) is 6.07 Å². The average molecular weight is 368 g/mol. The summed E-state index contributed by atoms with van der Waals surface area (Å²) in [7, 11) is -3.49. The van der Waals surface area contributed by atoms with Gasteiger partial charge in [-0.25, -0.2) is 12.8 Å². The van der Waals surface area contributed by atoms with Gasteiger partial charge in [-0.1, -0.05) is 23.7 Å². The molecule has 1 saturated carbocycles. The fourth-order valence-electron chi connectivity index (χ4n) is 2.61. The van der Waals surface area contributed by atoms with Gasteiger partial charge < -0.3 is 5.32 Å². The molecule has 0 heterocycles. The first kappa shape index (κ1) is 16.9. The van der Waals surface area contributed by atoms with Gasteiger partial charge in [-0.3, -0.25) is 4.79 Å². The molecule has 1 fully saturated rings. The van der Waals surface area contributed by atoms with Gasteiger partial charge in [0.2, 0.25) is 5.91 Å². The molecule has 7 heteroatoms. The molecule has 0 bridgehead atoms. The summed E-state index contributed by atoms with van der Waals surface area (Å²) in [5.74, 6) is -1.03. The lowest BCUT2D eigenvalue weighted by atomic mass is 9.95. The first-order valence-electron chi connectivity index (χ1n) is 7.29. The second kappa shape index (κ2) is 5.86. The van der Waals surface area contributed by atoms with E-state index in [4.69, 9.17) is 11.6 Å². The summed E-state index contributed by atoms with van der Waals surface area (Å²) < 4.78 is 37.1. The third kappa shape index (κ3) is 3.16. The molecule has 0 radical (unpaired) electrons. The molecule has 24 heavy (non-hydrogen) atoms. The first-order chi connectivity index (χ1) is 11.2. The van der Waals surface area contributed by atoms with Crippen molar-refractivity contribution in [2.45, 2.75) is 23.2 Å². The maximum absolute atomic E-state index is 14.0. The predicted molar refractivity (Wildman–Crippen MR) is 90.5 cm³/mol. The highest BCUT2D eigenvalue weighted by atomic mass is 35.5. The maximum Gasteiger partial charge on any atom is 0.235 e. The van der Waals surface area contributed by atoms with Crippen LogP contribution in [0.15, 0.2) is 47.4 Å². The van der Waals surface area contributed by atoms with E-state index >= 15 is 0 Å². The van der Waals surface area contributed by atoms with Gasteiger partial charge in [0.25, 0.3) is 0 Å². The molecule has 1 aliphatic rings. The van der Waals surface area contributed by atoms with E-state index in [-0.39, 0.29) is 16.5 Å². The zero-order chi connectivity index (χ0) is 17.5. The van der Waals surface area contributed by atoms with Gasteiger partial charge in [0, 0.05) is 11.3 Å². The SMILES string of the molecule is CS(=O)(=O)c1ccc(F)c(NC(=O)C2(c3ccc(Cl)cc3)CC2)c1. The number of hydrogen-bond donors (Lipinski definition) is 1. The Morgan fingerprint density at radius 1 is 1.17 bits per heavy atom. The van der Waals surface area contributed by atoms with E-state index in [1.807, 2.05) is 0 Å². The third-order valence-corrected chi connectivity index (χ3v) is 5.56. The normalized spacial score (nSPS) is 15.8. The van der Waals surface area contributed by atoms with Crippen LogP contribution >= 0.6 is 11.6 Å². The predicted octanol–water partition coefficient (Wildman–Crippen LogP) is 3.55. The van der Waals surface area contributed by atoms with Crippen LogP contribution in [0.25, 0.3) is 0 Å². The minimum Gasteiger partial charge on any atom is -0.323 e. The molecular weight excluding hydrogens is 353 g/mol. The molecular formula is C17H15ClFNO3S. The van der Waals surface area contributed by atoms with Crippen molar-refractivity contribution >= 4 is 33.0 Å². The van der Waals surface area contributed by atoms with Gasteiger partial charge in [-0.2, -0.15) is 0 Å². The summed E-state index contributed by atoms with van der Waals surface area (Å²) in [6, 6.07) is 10.3. The molecule has 126 valence electrons. The fraction of sp³-hybridized carbons (Fsp3) is 0.235. The lowest BCUT2D eigenvalue weighted by Gasteiger charge is -2.16. The van der Waals surface area contributed by atoms with Gasteiger partial charge in [0.05, 0.1) is 16.0 Å². The van der Waals surface area contributed by atoms with Gasteiger partial charge >= 0.3 is 0 Å². The van der Waals surface area contributed by atoms with Gasteiger partial charge in [-0.15, -0.1) is 0 Å². The number of benzene rings is 2. The number of anilines is 1. The van der Waals surface area contributed by atoms with Crippen LogP contribution in [0.1, 0.15) is 18.4 Å². The van der Waals surface area contributed by atoms with Crippen molar-refractivity contribution in [3.05, 3.63) is 58.9 Å². The van der Waals surface area contributed by atoms with Crippen LogP contribution in [-0.2, 0) is 20.0 Å². The number of hydrogen-bond acceptors (Lipinski definition) is 3. The Hall–Kier alpha value is -1.92. The van der Waals surface area contributed by atoms with Crippen LogP contribution in [-0.4, -0.2) is 20.6 Å². The topological polar surface area (TPSA) is 63.2 Å². The standard InChI is InChI=1S/C17H15ClFNO3S/c1-24(22,23)13-6-7-14(19)15(10-13)20-16(21)17(8-9-17)11-2-4-12(18)5-3-11/h2-7,10H,8-9H2,1H3,(H,20,21). The van der Waals surface area contributed by atoms with Crippen molar-refractivity contribution in [3.8, 4) is 0 Å². The molecule has 0 saturated heterocycles. The molecule has 3 rings (SSSR count). The zero-order valence-corrected chi connectivity index (χ0v) is 14.4. The Morgan fingerprint density at radius 2 is 1.79 bits per heavy atom. The van der Waals surface area contributed by atoms with E-state index in [0.717, 1.165) is 24.0 Å². The molecule has 1 N–H and O–H groups in total. The number of carbonyl (C=O) groups excluding carboxylic acids is 1. The molecule has 4 nitrogen and oxygen atoms in total. The van der Waals surface area contributed by atoms with Crippen LogP contribution in [0.4, 0.5) is 10.1 Å². The fourth-order valence-corrected chi connectivity index (χ4v) is 3.39. The van der Waals surface area contributed by atoms with Crippen molar-refractivity contribution in [2.75, 3.05) is 11.6 Å². The number of amides is 1. The van der Waals surface area contributed by atoms with Crippen LogP contribution in [0.5, 0.6) is 0 Å². The Balaban J connectivity index is 1.89. The summed E-state index contributed by atoms with van der Waals surface area (Å²) in [5.41, 5.74) is -0.0368. The number of nitrogens with one attached hydrogen (secondary N) is 1. The highest BCUT2D eigenvalue weighted by Gasteiger charge is 2.51.